The number of halogens is 1. The Morgan fingerprint density at radius 1 is 1.00 bits per heavy atom. The number of primary amides is 1. The zero-order valence-electron chi connectivity index (χ0n) is 16.9. The van der Waals surface area contributed by atoms with Gasteiger partial charge in [-0.1, -0.05) is 11.6 Å². The van der Waals surface area contributed by atoms with Crippen LogP contribution in [0.15, 0.2) is 30.3 Å². The Morgan fingerprint density at radius 3 is 2.10 bits per heavy atom. The van der Waals surface area contributed by atoms with Crippen LogP contribution < -0.4 is 30.6 Å². The van der Waals surface area contributed by atoms with E-state index in [0.29, 0.717) is 22.9 Å². The fourth-order valence-corrected chi connectivity index (χ4v) is 2.81. The molecule has 10 heteroatoms. The molecule has 3 amide bonds. The minimum Gasteiger partial charge on any atom is -0.493 e. The molecule has 9 nitrogen and oxygen atoms in total. The van der Waals surface area contributed by atoms with E-state index in [-0.39, 0.29) is 16.1 Å². The summed E-state index contributed by atoms with van der Waals surface area (Å²) in [7, 11) is 4.32. The van der Waals surface area contributed by atoms with Crippen molar-refractivity contribution in [3.8, 4) is 17.2 Å². The summed E-state index contributed by atoms with van der Waals surface area (Å²) in [4.78, 5) is 36.4. The van der Waals surface area contributed by atoms with E-state index in [0.717, 1.165) is 0 Å². The molecule has 2 aromatic rings. The van der Waals surface area contributed by atoms with Crippen molar-refractivity contribution in [3.05, 3.63) is 46.5 Å². The van der Waals surface area contributed by atoms with Crippen molar-refractivity contribution in [2.45, 2.75) is 13.0 Å². The molecule has 30 heavy (non-hydrogen) atoms. The zero-order valence-corrected chi connectivity index (χ0v) is 17.6. The van der Waals surface area contributed by atoms with Gasteiger partial charge in [-0.3, -0.25) is 14.4 Å². The summed E-state index contributed by atoms with van der Waals surface area (Å²) in [5.41, 5.74) is 5.85. The van der Waals surface area contributed by atoms with Crippen LogP contribution in [0, 0.1) is 0 Å². The van der Waals surface area contributed by atoms with Crippen molar-refractivity contribution in [1.82, 2.24) is 5.32 Å². The zero-order chi connectivity index (χ0) is 22.4. The molecule has 0 heterocycles. The molecule has 4 N–H and O–H groups in total. The molecule has 0 aliphatic rings. The molecule has 0 aliphatic carbocycles. The molecule has 0 aliphatic heterocycles. The standard InChI is InChI=1S/C20H22ClN3O6/c1-10(19(26)24-12-5-6-14(21)13(9-12)18(22)25)23-20(27)11-7-15(28-2)17(30-4)16(8-11)29-3/h5-10H,1-4H3,(H2,22,25)(H,23,27)(H,24,26)/t10-/m1/s1. The van der Waals surface area contributed by atoms with E-state index in [1.807, 2.05) is 0 Å². The predicted octanol–water partition coefficient (Wildman–Crippen LogP) is 2.22. The number of anilines is 1. The van der Waals surface area contributed by atoms with Gasteiger partial charge in [0.05, 0.1) is 31.9 Å². The maximum atomic E-state index is 12.6. The van der Waals surface area contributed by atoms with E-state index in [4.69, 9.17) is 31.5 Å². The van der Waals surface area contributed by atoms with Gasteiger partial charge in [-0.15, -0.1) is 0 Å². The van der Waals surface area contributed by atoms with Crippen LogP contribution in [0.3, 0.4) is 0 Å². The van der Waals surface area contributed by atoms with E-state index in [1.165, 1.54) is 58.6 Å². The van der Waals surface area contributed by atoms with Gasteiger partial charge < -0.3 is 30.6 Å². The van der Waals surface area contributed by atoms with Crippen LogP contribution in [0.1, 0.15) is 27.6 Å². The van der Waals surface area contributed by atoms with Crippen molar-refractivity contribution >= 4 is 35.0 Å². The average molecular weight is 436 g/mol. The van der Waals surface area contributed by atoms with Gasteiger partial charge in [0.2, 0.25) is 17.6 Å². The second-order valence-electron chi connectivity index (χ2n) is 6.16. The third-order valence-corrected chi connectivity index (χ3v) is 4.50. The molecule has 2 aromatic carbocycles. The highest BCUT2D eigenvalue weighted by molar-refractivity contribution is 6.34. The minimum atomic E-state index is -0.899. The van der Waals surface area contributed by atoms with E-state index < -0.39 is 23.8 Å². The second kappa shape index (κ2) is 9.84. The largest absolute Gasteiger partial charge is 0.493 e. The lowest BCUT2D eigenvalue weighted by Gasteiger charge is -2.17. The first-order valence-corrected chi connectivity index (χ1v) is 9.10. The topological polar surface area (TPSA) is 129 Å². The summed E-state index contributed by atoms with van der Waals surface area (Å²) in [5, 5.41) is 5.35. The van der Waals surface area contributed by atoms with E-state index in [9.17, 15) is 14.4 Å². The average Bonchev–Trinajstić information content (AvgIpc) is 2.73. The molecule has 0 bridgehead atoms. The summed E-state index contributed by atoms with van der Waals surface area (Å²) in [6.45, 7) is 1.51. The molecular weight excluding hydrogens is 414 g/mol. The van der Waals surface area contributed by atoms with Crippen molar-refractivity contribution in [2.24, 2.45) is 5.73 Å². The number of nitrogens with two attached hydrogens (primary N) is 1. The molecule has 0 fully saturated rings. The fraction of sp³-hybridized carbons (Fsp3) is 0.250. The first kappa shape index (κ1) is 22.8. The molecule has 1 atom stereocenters. The van der Waals surface area contributed by atoms with Crippen LogP contribution in [0.25, 0.3) is 0 Å². The lowest BCUT2D eigenvalue weighted by atomic mass is 10.1. The number of ether oxygens (including phenoxy) is 3. The van der Waals surface area contributed by atoms with Crippen LogP contribution in [0.5, 0.6) is 17.2 Å². The number of nitrogens with one attached hydrogen (secondary N) is 2. The minimum absolute atomic E-state index is 0.0728. The lowest BCUT2D eigenvalue weighted by molar-refractivity contribution is -0.117. The number of rotatable bonds is 8. The van der Waals surface area contributed by atoms with Gasteiger partial charge in [0.1, 0.15) is 6.04 Å². The first-order valence-electron chi connectivity index (χ1n) is 8.72. The van der Waals surface area contributed by atoms with Gasteiger partial charge in [-0.25, -0.2) is 0 Å². The Morgan fingerprint density at radius 2 is 1.60 bits per heavy atom. The summed E-state index contributed by atoms with van der Waals surface area (Å²) >= 11 is 5.90. The molecule has 0 saturated heterocycles. The van der Waals surface area contributed by atoms with Crippen LogP contribution in [0.2, 0.25) is 5.02 Å². The van der Waals surface area contributed by atoms with E-state index in [1.54, 1.807) is 0 Å². The Labute approximate surface area is 178 Å². The Balaban J connectivity index is 2.15. The molecule has 0 unspecified atom stereocenters. The van der Waals surface area contributed by atoms with Crippen LogP contribution in [-0.2, 0) is 4.79 Å². The van der Waals surface area contributed by atoms with Gasteiger partial charge in [0, 0.05) is 11.3 Å². The van der Waals surface area contributed by atoms with Crippen molar-refractivity contribution in [1.29, 1.82) is 0 Å². The maximum absolute atomic E-state index is 12.6. The number of benzene rings is 2. The van der Waals surface area contributed by atoms with Gasteiger partial charge >= 0.3 is 0 Å². The molecule has 2 rings (SSSR count). The molecule has 0 aromatic heterocycles. The molecule has 0 radical (unpaired) electrons. The Bertz CT molecular complexity index is 954. The van der Waals surface area contributed by atoms with E-state index >= 15 is 0 Å². The number of hydrogen-bond donors (Lipinski definition) is 3. The highest BCUT2D eigenvalue weighted by Crippen LogP contribution is 2.38. The number of carbonyl (C=O) groups excluding carboxylic acids is 3. The monoisotopic (exact) mass is 435 g/mol. The van der Waals surface area contributed by atoms with Crippen molar-refractivity contribution in [3.63, 3.8) is 0 Å². The number of hydrogen-bond acceptors (Lipinski definition) is 6. The van der Waals surface area contributed by atoms with Gasteiger partial charge in [-0.05, 0) is 37.3 Å². The highest BCUT2D eigenvalue weighted by Gasteiger charge is 2.21. The summed E-state index contributed by atoms with van der Waals surface area (Å²) < 4.78 is 15.7. The van der Waals surface area contributed by atoms with Gasteiger partial charge in [0.25, 0.3) is 5.91 Å². The molecule has 0 saturated carbocycles. The predicted molar refractivity (Wildman–Crippen MR) is 112 cm³/mol. The third-order valence-electron chi connectivity index (χ3n) is 4.17. The SMILES string of the molecule is COc1cc(C(=O)N[C@H](C)C(=O)Nc2ccc(Cl)c(C(N)=O)c2)cc(OC)c1OC. The number of amides is 3. The van der Waals surface area contributed by atoms with Crippen molar-refractivity contribution < 1.29 is 28.6 Å². The van der Waals surface area contributed by atoms with Gasteiger partial charge in [0.15, 0.2) is 11.5 Å². The molecular formula is C20H22ClN3O6. The van der Waals surface area contributed by atoms with Crippen LogP contribution in [0.4, 0.5) is 5.69 Å². The number of carbonyl (C=O) groups is 3. The Hall–Kier alpha value is -3.46. The third kappa shape index (κ3) is 5.12. The van der Waals surface area contributed by atoms with Crippen LogP contribution >= 0.6 is 11.6 Å². The summed E-state index contributed by atoms with van der Waals surface area (Å²) in [6, 6.07) is 6.36. The first-order chi connectivity index (χ1) is 14.2. The number of methoxy groups -OCH3 is 3. The maximum Gasteiger partial charge on any atom is 0.252 e. The second-order valence-corrected chi connectivity index (χ2v) is 6.56. The highest BCUT2D eigenvalue weighted by atomic mass is 35.5. The Kier molecular flexibility index (Phi) is 7.48. The lowest BCUT2D eigenvalue weighted by Crippen LogP contribution is -2.41. The smallest absolute Gasteiger partial charge is 0.252 e. The molecule has 160 valence electrons. The normalized spacial score (nSPS) is 11.2. The summed E-state index contributed by atoms with van der Waals surface area (Å²) in [6.07, 6.45) is 0. The van der Waals surface area contributed by atoms with Crippen LogP contribution in [-0.4, -0.2) is 45.1 Å². The van der Waals surface area contributed by atoms with Gasteiger partial charge in [-0.2, -0.15) is 0 Å². The quantitative estimate of drug-likeness (QED) is 0.583. The van der Waals surface area contributed by atoms with Crippen molar-refractivity contribution in [2.75, 3.05) is 26.6 Å². The molecule has 0 spiro atoms. The van der Waals surface area contributed by atoms with E-state index in [2.05, 4.69) is 10.6 Å². The summed E-state index contributed by atoms with van der Waals surface area (Å²) in [5.74, 6) is -0.798. The fourth-order valence-electron chi connectivity index (χ4n) is 2.60.